The molecule has 0 aliphatic heterocycles. The van der Waals surface area contributed by atoms with Crippen molar-refractivity contribution >= 4 is 0 Å². The summed E-state index contributed by atoms with van der Waals surface area (Å²) in [6.45, 7) is 2.46. The van der Waals surface area contributed by atoms with Crippen LogP contribution in [-0.2, 0) is 20.4 Å². The van der Waals surface area contributed by atoms with E-state index in [1.54, 1.807) is 0 Å². The Bertz CT molecular complexity index is 22.8. The second-order valence-corrected chi connectivity index (χ2v) is 1.21. The Hall–Kier alpha value is 0.582. The van der Waals surface area contributed by atoms with Crippen molar-refractivity contribution in [2.75, 3.05) is 6.54 Å². The van der Waals surface area contributed by atoms with Crippen LogP contribution in [0.2, 0.25) is 0 Å². The second kappa shape index (κ2) is 5.58. The molecule has 0 saturated heterocycles. The molecule has 1 unspecified atom stereocenters. The molecule has 0 amide bonds. The molecular formula is C3H10N2Pd. The molecule has 0 bridgehead atoms. The zero-order valence-electron chi connectivity index (χ0n) is 3.76. The van der Waals surface area contributed by atoms with Crippen molar-refractivity contribution in [3.8, 4) is 0 Å². The number of rotatable bonds is 1. The first kappa shape index (κ1) is 9.77. The second-order valence-electron chi connectivity index (χ2n) is 1.21. The molecule has 4 N–H and O–H groups in total. The van der Waals surface area contributed by atoms with E-state index >= 15 is 0 Å². The normalized spacial score (nSPS) is 12.5. The molecule has 0 aliphatic carbocycles. The van der Waals surface area contributed by atoms with Gasteiger partial charge in [0.2, 0.25) is 0 Å². The third-order valence-corrected chi connectivity index (χ3v) is 0.372. The summed E-state index contributed by atoms with van der Waals surface area (Å²) in [5.74, 6) is 0. The zero-order valence-corrected chi connectivity index (χ0v) is 5.31. The maximum absolute atomic E-state index is 5.17. The molecule has 0 heterocycles. The average molecular weight is 181 g/mol. The van der Waals surface area contributed by atoms with Crippen molar-refractivity contribution in [2.45, 2.75) is 13.0 Å². The molecule has 0 aromatic rings. The van der Waals surface area contributed by atoms with E-state index < -0.39 is 0 Å². The smallest absolute Gasteiger partial charge is 0.0134 e. The molecule has 0 spiro atoms. The molecule has 3 heteroatoms. The number of hydrogen-bond donors (Lipinski definition) is 2. The summed E-state index contributed by atoms with van der Waals surface area (Å²) in [7, 11) is 0. The summed E-state index contributed by atoms with van der Waals surface area (Å²) in [6.07, 6.45) is 0. The fourth-order valence-electron chi connectivity index (χ4n) is 0. The van der Waals surface area contributed by atoms with Crippen LogP contribution in [-0.4, -0.2) is 12.6 Å². The summed E-state index contributed by atoms with van der Waals surface area (Å²) >= 11 is 0. The molecule has 2 nitrogen and oxygen atoms in total. The summed E-state index contributed by atoms with van der Waals surface area (Å²) in [5, 5.41) is 0. The van der Waals surface area contributed by atoms with E-state index in [0.29, 0.717) is 6.54 Å². The van der Waals surface area contributed by atoms with Crippen LogP contribution >= 0.6 is 0 Å². The van der Waals surface area contributed by atoms with Gasteiger partial charge in [-0.05, 0) is 6.92 Å². The monoisotopic (exact) mass is 180 g/mol. The van der Waals surface area contributed by atoms with Gasteiger partial charge in [0, 0.05) is 33.0 Å². The molecule has 0 rings (SSSR count). The maximum atomic E-state index is 5.17. The van der Waals surface area contributed by atoms with E-state index in [9.17, 15) is 0 Å². The van der Waals surface area contributed by atoms with Gasteiger partial charge in [0.1, 0.15) is 0 Å². The Labute approximate surface area is 51.9 Å². The minimum absolute atomic E-state index is 0. The van der Waals surface area contributed by atoms with Gasteiger partial charge >= 0.3 is 0 Å². The summed E-state index contributed by atoms with van der Waals surface area (Å²) < 4.78 is 0. The first-order valence-corrected chi connectivity index (χ1v) is 1.73. The van der Waals surface area contributed by atoms with Gasteiger partial charge in [0.05, 0.1) is 0 Å². The quantitative estimate of drug-likeness (QED) is 0.524. The summed E-state index contributed by atoms with van der Waals surface area (Å²) in [6, 6.07) is 0.162. The van der Waals surface area contributed by atoms with E-state index in [-0.39, 0.29) is 26.5 Å². The maximum Gasteiger partial charge on any atom is 0.0134 e. The first-order chi connectivity index (χ1) is 2.27. The fourth-order valence-corrected chi connectivity index (χ4v) is 0. The van der Waals surface area contributed by atoms with Crippen molar-refractivity contribution in [3.63, 3.8) is 0 Å². The van der Waals surface area contributed by atoms with Crippen molar-refractivity contribution in [3.05, 3.63) is 0 Å². The van der Waals surface area contributed by atoms with E-state index in [1.807, 2.05) is 6.92 Å². The van der Waals surface area contributed by atoms with Crippen LogP contribution in [0, 0.1) is 0 Å². The Kier molecular flexibility index (Phi) is 9.09. The van der Waals surface area contributed by atoms with Gasteiger partial charge in [-0.1, -0.05) is 0 Å². The third kappa shape index (κ3) is 8.82. The largest absolute Gasteiger partial charge is 0.329 e. The van der Waals surface area contributed by atoms with Gasteiger partial charge in [-0.15, -0.1) is 0 Å². The Balaban J connectivity index is 0. The molecule has 1 atom stereocenters. The van der Waals surface area contributed by atoms with Crippen molar-refractivity contribution in [1.82, 2.24) is 0 Å². The first-order valence-electron chi connectivity index (χ1n) is 1.73. The van der Waals surface area contributed by atoms with E-state index in [4.69, 9.17) is 11.5 Å². The predicted molar refractivity (Wildman–Crippen MR) is 22.7 cm³/mol. The summed E-state index contributed by atoms with van der Waals surface area (Å²) in [5.41, 5.74) is 10.2. The topological polar surface area (TPSA) is 52.0 Å². The van der Waals surface area contributed by atoms with E-state index in [1.165, 1.54) is 0 Å². The van der Waals surface area contributed by atoms with E-state index in [2.05, 4.69) is 0 Å². The summed E-state index contributed by atoms with van der Waals surface area (Å²) in [4.78, 5) is 0. The molecule has 6 heavy (non-hydrogen) atoms. The molecule has 0 aromatic carbocycles. The molecule has 0 fully saturated rings. The van der Waals surface area contributed by atoms with Crippen LogP contribution in [0.3, 0.4) is 0 Å². The van der Waals surface area contributed by atoms with Crippen LogP contribution in [0.15, 0.2) is 0 Å². The van der Waals surface area contributed by atoms with Crippen LogP contribution in [0.4, 0.5) is 0 Å². The predicted octanol–water partition coefficient (Wildman–Crippen LogP) is -0.710. The van der Waals surface area contributed by atoms with E-state index in [0.717, 1.165) is 0 Å². The van der Waals surface area contributed by atoms with Gasteiger partial charge in [-0.3, -0.25) is 0 Å². The Morgan fingerprint density at radius 3 is 1.83 bits per heavy atom. The number of nitrogens with two attached hydrogens (primary N) is 2. The third-order valence-electron chi connectivity index (χ3n) is 0.372. The van der Waals surface area contributed by atoms with Crippen molar-refractivity contribution in [2.24, 2.45) is 11.5 Å². The van der Waals surface area contributed by atoms with Crippen LogP contribution in [0.5, 0.6) is 0 Å². The minimum Gasteiger partial charge on any atom is -0.329 e. The van der Waals surface area contributed by atoms with Crippen LogP contribution in [0.25, 0.3) is 0 Å². The Morgan fingerprint density at radius 2 is 1.83 bits per heavy atom. The van der Waals surface area contributed by atoms with Gasteiger partial charge < -0.3 is 11.5 Å². The van der Waals surface area contributed by atoms with Crippen LogP contribution < -0.4 is 11.5 Å². The molecular weight excluding hydrogens is 170 g/mol. The van der Waals surface area contributed by atoms with Crippen molar-refractivity contribution < 1.29 is 20.4 Å². The molecule has 0 aliphatic rings. The molecule has 0 saturated carbocycles. The van der Waals surface area contributed by atoms with Crippen molar-refractivity contribution in [1.29, 1.82) is 0 Å². The molecule has 0 aromatic heterocycles. The minimum atomic E-state index is 0. The number of hydrogen-bond acceptors (Lipinski definition) is 2. The molecule has 0 radical (unpaired) electrons. The van der Waals surface area contributed by atoms with Gasteiger partial charge in [0.25, 0.3) is 0 Å². The average Bonchev–Trinajstić information content (AvgIpc) is 1.38. The van der Waals surface area contributed by atoms with Gasteiger partial charge in [0.15, 0.2) is 0 Å². The van der Waals surface area contributed by atoms with Gasteiger partial charge in [-0.2, -0.15) is 0 Å². The zero-order chi connectivity index (χ0) is 4.28. The Morgan fingerprint density at radius 1 is 1.67 bits per heavy atom. The molecule has 42 valence electrons. The fraction of sp³-hybridized carbons (Fsp3) is 1.00. The van der Waals surface area contributed by atoms with Crippen LogP contribution in [0.1, 0.15) is 6.92 Å². The SMILES string of the molecule is CC(N)CN.[Pd]. The standard InChI is InChI=1S/C3H10N2.Pd/c1-3(5)2-4;/h3H,2,4-5H2,1H3;. The van der Waals surface area contributed by atoms with Gasteiger partial charge in [-0.25, -0.2) is 0 Å².